The van der Waals surface area contributed by atoms with E-state index >= 15 is 0 Å². The maximum Gasteiger partial charge on any atom is 0.330 e. The van der Waals surface area contributed by atoms with Gasteiger partial charge >= 0.3 is 5.69 Å². The number of carbonyl (C=O) groups excluding carboxylic acids is 1. The largest absolute Gasteiger partial charge is 0.496 e. The van der Waals surface area contributed by atoms with Crippen molar-refractivity contribution in [3.63, 3.8) is 0 Å². The highest BCUT2D eigenvalue weighted by Gasteiger charge is 2.30. The van der Waals surface area contributed by atoms with Crippen LogP contribution in [0.15, 0.2) is 33.9 Å². The first-order valence-corrected chi connectivity index (χ1v) is 12.4. The van der Waals surface area contributed by atoms with Crippen LogP contribution in [0, 0.1) is 6.92 Å². The summed E-state index contributed by atoms with van der Waals surface area (Å²) in [5, 5.41) is 0.811. The topological polar surface area (TPSA) is 123 Å². The average Bonchev–Trinajstić information content (AvgIpc) is 3.20. The first-order valence-electron chi connectivity index (χ1n) is 11.5. The van der Waals surface area contributed by atoms with Crippen LogP contribution in [-0.4, -0.2) is 27.6 Å². The van der Waals surface area contributed by atoms with E-state index in [1.54, 1.807) is 20.1 Å². The number of thiazole rings is 1. The van der Waals surface area contributed by atoms with Crippen molar-refractivity contribution in [2.75, 3.05) is 17.7 Å². The molecule has 0 atom stereocenters. The number of amides is 1. The molecule has 2 aromatic heterocycles. The number of rotatable bonds is 8. The quantitative estimate of drug-likeness (QED) is 0.485. The number of hydrogen-bond donors (Lipinski definition) is 2. The first kappa shape index (κ1) is 26.2. The summed E-state index contributed by atoms with van der Waals surface area (Å²) in [7, 11) is 1.54. The summed E-state index contributed by atoms with van der Waals surface area (Å²) in [4.78, 5) is 48.2. The van der Waals surface area contributed by atoms with Crippen LogP contribution in [0.4, 0.5) is 11.5 Å². The Kier molecular flexibility index (Phi) is 7.84. The first-order chi connectivity index (χ1) is 16.5. The molecular weight excluding hydrogens is 466 g/mol. The number of nitrogen functional groups attached to an aromatic ring is 1. The molecule has 0 saturated carbocycles. The molecule has 0 aliphatic carbocycles. The van der Waals surface area contributed by atoms with Crippen LogP contribution in [0.2, 0.25) is 0 Å². The third-order valence-electron chi connectivity index (χ3n) is 5.62. The number of ether oxygens (including phenoxy) is 1. The van der Waals surface area contributed by atoms with Gasteiger partial charge in [-0.15, -0.1) is 11.3 Å². The minimum Gasteiger partial charge on any atom is -0.496 e. The summed E-state index contributed by atoms with van der Waals surface area (Å²) in [5.74, 6) is 0.101. The van der Waals surface area contributed by atoms with Gasteiger partial charge in [0.15, 0.2) is 5.69 Å². The summed E-state index contributed by atoms with van der Waals surface area (Å²) in [5.41, 5.74) is 6.01. The monoisotopic (exact) mass is 499 g/mol. The number of nitrogens with two attached hydrogens (primary N) is 1. The van der Waals surface area contributed by atoms with Gasteiger partial charge in [0.1, 0.15) is 16.4 Å². The van der Waals surface area contributed by atoms with Crippen molar-refractivity contribution in [2.45, 2.75) is 66.0 Å². The van der Waals surface area contributed by atoms with Gasteiger partial charge in [0.25, 0.3) is 11.5 Å². The lowest BCUT2D eigenvalue weighted by Crippen LogP contribution is -2.41. The van der Waals surface area contributed by atoms with Crippen LogP contribution in [0.1, 0.15) is 66.5 Å². The van der Waals surface area contributed by atoms with Crippen LogP contribution in [0.5, 0.6) is 5.75 Å². The number of unbranched alkanes of at least 4 members (excludes halogenated alkanes) is 1. The normalized spacial score (nSPS) is 11.5. The van der Waals surface area contributed by atoms with E-state index in [-0.39, 0.29) is 23.5 Å². The Morgan fingerprint density at radius 2 is 1.94 bits per heavy atom. The van der Waals surface area contributed by atoms with E-state index in [0.717, 1.165) is 11.4 Å². The second kappa shape index (κ2) is 10.5. The zero-order valence-corrected chi connectivity index (χ0v) is 21.9. The molecule has 0 aliphatic rings. The maximum absolute atomic E-state index is 14.0. The number of aromatic nitrogens is 3. The Morgan fingerprint density at radius 3 is 2.54 bits per heavy atom. The van der Waals surface area contributed by atoms with Crippen molar-refractivity contribution in [3.05, 3.63) is 66.2 Å². The number of methoxy groups -OCH3 is 1. The van der Waals surface area contributed by atoms with Gasteiger partial charge in [-0.3, -0.25) is 24.0 Å². The van der Waals surface area contributed by atoms with E-state index in [1.165, 1.54) is 20.8 Å². The van der Waals surface area contributed by atoms with Gasteiger partial charge in [-0.25, -0.2) is 9.78 Å². The highest BCUT2D eigenvalue weighted by molar-refractivity contribution is 7.14. The molecule has 0 radical (unpaired) electrons. The Labute approximate surface area is 208 Å². The fourth-order valence-corrected chi connectivity index (χ4v) is 4.74. The number of nitrogens with one attached hydrogen (secondary N) is 1. The molecule has 35 heavy (non-hydrogen) atoms. The van der Waals surface area contributed by atoms with E-state index in [1.807, 2.05) is 45.9 Å². The van der Waals surface area contributed by atoms with Crippen LogP contribution in [0.25, 0.3) is 0 Å². The minimum absolute atomic E-state index is 0.0182. The average molecular weight is 500 g/mol. The number of nitrogens with zero attached hydrogens (tertiary/aromatic N) is 3. The standard InChI is InChI=1S/C25H33N5O4S/c1-7-8-13-29-20(26)18(21(31)28-24(29)33)30(14-16-11-9-10-12-17(16)34-6)22(32)19-15(2)27-23(35-19)25(3,4)5/h9-12H,7-8,13-14,26H2,1-6H3,(H,28,31,33). The number of hydrogen-bond acceptors (Lipinski definition) is 7. The van der Waals surface area contributed by atoms with E-state index in [9.17, 15) is 14.4 Å². The van der Waals surface area contributed by atoms with Crippen LogP contribution in [-0.2, 0) is 18.5 Å². The summed E-state index contributed by atoms with van der Waals surface area (Å²) in [6.07, 6.45) is 1.53. The highest BCUT2D eigenvalue weighted by Crippen LogP contribution is 2.32. The number of aromatic amines is 1. The molecule has 188 valence electrons. The second-order valence-corrected chi connectivity index (χ2v) is 10.4. The summed E-state index contributed by atoms with van der Waals surface area (Å²) in [6, 6.07) is 7.25. The van der Waals surface area contributed by atoms with Gasteiger partial charge in [0, 0.05) is 17.5 Å². The van der Waals surface area contributed by atoms with Crippen LogP contribution in [0.3, 0.4) is 0 Å². The van der Waals surface area contributed by atoms with Crippen molar-refractivity contribution in [3.8, 4) is 5.75 Å². The van der Waals surface area contributed by atoms with E-state index in [0.29, 0.717) is 34.8 Å². The molecule has 0 bridgehead atoms. The van der Waals surface area contributed by atoms with E-state index in [4.69, 9.17) is 10.5 Å². The molecule has 1 aromatic carbocycles. The minimum atomic E-state index is -0.721. The number of anilines is 2. The lowest BCUT2D eigenvalue weighted by molar-refractivity contribution is 0.0987. The summed E-state index contributed by atoms with van der Waals surface area (Å²) < 4.78 is 6.78. The predicted octanol–water partition coefficient (Wildman–Crippen LogP) is 3.84. The zero-order chi connectivity index (χ0) is 25.9. The van der Waals surface area contributed by atoms with Gasteiger partial charge in [-0.2, -0.15) is 0 Å². The van der Waals surface area contributed by atoms with Gasteiger partial charge in [-0.05, 0) is 19.4 Å². The fraction of sp³-hybridized carbons (Fsp3) is 0.440. The third kappa shape index (κ3) is 5.48. The number of aryl methyl sites for hydroxylation is 1. The Balaban J connectivity index is 2.22. The van der Waals surface area contributed by atoms with Crippen molar-refractivity contribution >= 4 is 28.7 Å². The van der Waals surface area contributed by atoms with Gasteiger partial charge < -0.3 is 10.5 Å². The number of H-pyrrole nitrogens is 1. The Morgan fingerprint density at radius 1 is 1.26 bits per heavy atom. The molecule has 0 fully saturated rings. The van der Waals surface area contributed by atoms with Gasteiger partial charge in [0.05, 0.1) is 24.4 Å². The van der Waals surface area contributed by atoms with Crippen molar-refractivity contribution in [1.29, 1.82) is 0 Å². The molecule has 0 aliphatic heterocycles. The lowest BCUT2D eigenvalue weighted by atomic mass is 9.98. The molecule has 1 amide bonds. The fourth-order valence-electron chi connectivity index (χ4n) is 3.67. The molecule has 3 rings (SSSR count). The second-order valence-electron chi connectivity index (χ2n) is 9.39. The number of para-hydroxylation sites is 1. The van der Waals surface area contributed by atoms with E-state index in [2.05, 4.69) is 9.97 Å². The molecule has 10 heteroatoms. The van der Waals surface area contributed by atoms with Crippen molar-refractivity contribution < 1.29 is 9.53 Å². The molecule has 9 nitrogen and oxygen atoms in total. The Hall–Kier alpha value is -3.40. The van der Waals surface area contributed by atoms with Gasteiger partial charge in [-0.1, -0.05) is 52.3 Å². The number of benzene rings is 1. The van der Waals surface area contributed by atoms with Crippen LogP contribution >= 0.6 is 11.3 Å². The molecule has 2 heterocycles. The molecule has 3 aromatic rings. The van der Waals surface area contributed by atoms with Crippen molar-refractivity contribution in [1.82, 2.24) is 14.5 Å². The van der Waals surface area contributed by atoms with E-state index < -0.39 is 17.2 Å². The highest BCUT2D eigenvalue weighted by atomic mass is 32.1. The molecule has 0 unspecified atom stereocenters. The van der Waals surface area contributed by atoms with Crippen molar-refractivity contribution in [2.24, 2.45) is 0 Å². The van der Waals surface area contributed by atoms with Crippen LogP contribution < -0.4 is 26.6 Å². The van der Waals surface area contributed by atoms with Gasteiger partial charge in [0.2, 0.25) is 0 Å². The maximum atomic E-state index is 14.0. The molecule has 0 spiro atoms. The zero-order valence-electron chi connectivity index (χ0n) is 21.1. The lowest BCUT2D eigenvalue weighted by Gasteiger charge is -2.25. The molecule has 0 saturated heterocycles. The Bertz CT molecular complexity index is 1330. The smallest absolute Gasteiger partial charge is 0.330 e. The SMILES string of the molecule is CCCCn1c(N)c(N(Cc2ccccc2OC)C(=O)c2sc(C(C)(C)C)nc2C)c(=O)[nH]c1=O. The molecule has 3 N–H and O–H groups in total. The third-order valence-corrected chi connectivity index (χ3v) is 7.19. The molecular formula is C25H33N5O4S. The predicted molar refractivity (Wildman–Crippen MR) is 140 cm³/mol. The summed E-state index contributed by atoms with van der Waals surface area (Å²) >= 11 is 1.30. The summed E-state index contributed by atoms with van der Waals surface area (Å²) in [6.45, 7) is 10.2. The number of carbonyl (C=O) groups is 1.